The first-order valence-electron chi connectivity index (χ1n) is 4.79. The highest BCUT2D eigenvalue weighted by Crippen LogP contribution is 2.38. The molecule has 0 aliphatic rings. The van der Waals surface area contributed by atoms with Gasteiger partial charge >= 0.3 is 0 Å². The zero-order chi connectivity index (χ0) is 10.1. The summed E-state index contributed by atoms with van der Waals surface area (Å²) in [4.78, 5) is 0. The van der Waals surface area contributed by atoms with Crippen LogP contribution in [0.25, 0.3) is 0 Å². The van der Waals surface area contributed by atoms with Gasteiger partial charge in [0.05, 0.1) is 0 Å². The monoisotopic (exact) mass is 272 g/mol. The lowest BCUT2D eigenvalue weighted by Gasteiger charge is -2.18. The summed E-state index contributed by atoms with van der Waals surface area (Å²) in [5.74, 6) is 0. The fraction of sp³-hybridized carbons (Fsp3) is 1.00. The van der Waals surface area contributed by atoms with Crippen LogP contribution < -0.4 is 0 Å². The van der Waals surface area contributed by atoms with Crippen molar-refractivity contribution < 1.29 is 0 Å². The lowest BCUT2D eigenvalue weighted by molar-refractivity contribution is 0.529. The SMILES string of the molecule is CCN(CC)SSSN(CC)CC.[S]. The molecule has 0 aromatic heterocycles. The van der Waals surface area contributed by atoms with E-state index in [0.29, 0.717) is 0 Å². The van der Waals surface area contributed by atoms with Gasteiger partial charge in [0.15, 0.2) is 0 Å². The van der Waals surface area contributed by atoms with Crippen LogP contribution in [0.3, 0.4) is 0 Å². The molecule has 86 valence electrons. The van der Waals surface area contributed by atoms with E-state index in [1.807, 2.05) is 31.8 Å². The normalized spacial score (nSPS) is 10.7. The Morgan fingerprint density at radius 3 is 1.21 bits per heavy atom. The molecule has 0 fully saturated rings. The maximum Gasteiger partial charge on any atom is 0.00858 e. The quantitative estimate of drug-likeness (QED) is 0.482. The summed E-state index contributed by atoms with van der Waals surface area (Å²) in [5, 5.41) is 0. The summed E-state index contributed by atoms with van der Waals surface area (Å²) in [6.45, 7) is 13.2. The molecule has 0 aromatic rings. The van der Waals surface area contributed by atoms with Gasteiger partial charge < -0.3 is 0 Å². The van der Waals surface area contributed by atoms with E-state index in [9.17, 15) is 0 Å². The maximum atomic E-state index is 2.35. The second-order valence-electron chi connectivity index (χ2n) is 2.45. The van der Waals surface area contributed by atoms with E-state index in [1.54, 1.807) is 0 Å². The average molecular weight is 273 g/mol. The van der Waals surface area contributed by atoms with Crippen molar-refractivity contribution in [3.05, 3.63) is 0 Å². The number of hydrogen-bond donors (Lipinski definition) is 0. The van der Waals surface area contributed by atoms with Crippen LogP contribution in [-0.4, -0.2) is 34.8 Å². The molecule has 0 aromatic carbocycles. The van der Waals surface area contributed by atoms with Gasteiger partial charge in [-0.25, -0.2) is 8.61 Å². The molecular weight excluding hydrogens is 252 g/mol. The van der Waals surface area contributed by atoms with Gasteiger partial charge in [0, 0.05) is 71.5 Å². The van der Waals surface area contributed by atoms with Crippen LogP contribution >= 0.6 is 45.3 Å². The van der Waals surface area contributed by atoms with E-state index in [4.69, 9.17) is 0 Å². The lowest BCUT2D eigenvalue weighted by Crippen LogP contribution is -2.14. The standard InChI is InChI=1S/C8H20N2S3.S/c1-5-9(6-2)11-13-12-10(7-3)8-4;/h5-8H2,1-4H3;. The van der Waals surface area contributed by atoms with Gasteiger partial charge in [0.2, 0.25) is 0 Å². The van der Waals surface area contributed by atoms with Crippen LogP contribution in [0.5, 0.6) is 0 Å². The Bertz CT molecular complexity index is 95.5. The molecule has 6 heteroatoms. The molecule has 0 heterocycles. The fourth-order valence-corrected chi connectivity index (χ4v) is 5.04. The Morgan fingerprint density at radius 1 is 0.714 bits per heavy atom. The van der Waals surface area contributed by atoms with Gasteiger partial charge in [-0.1, -0.05) is 27.7 Å². The minimum Gasteiger partial charge on any atom is -0.241 e. The molecule has 0 saturated heterocycles. The first-order chi connectivity index (χ1) is 6.28. The molecule has 2 radical (unpaired) electrons. The highest BCUT2D eigenvalue weighted by atomic mass is 33.5. The minimum absolute atomic E-state index is 0. The molecule has 0 rings (SSSR count). The van der Waals surface area contributed by atoms with Gasteiger partial charge in [-0.15, -0.1) is 0 Å². The maximum absolute atomic E-state index is 2.35. The molecule has 0 aliphatic carbocycles. The molecule has 0 unspecified atom stereocenters. The summed E-state index contributed by atoms with van der Waals surface area (Å²) >= 11 is 0. The smallest absolute Gasteiger partial charge is 0.00858 e. The van der Waals surface area contributed by atoms with E-state index < -0.39 is 0 Å². The second kappa shape index (κ2) is 12.4. The summed E-state index contributed by atoms with van der Waals surface area (Å²) in [5.41, 5.74) is 0. The van der Waals surface area contributed by atoms with Crippen LogP contribution in [0.15, 0.2) is 0 Å². The average Bonchev–Trinajstić information content (AvgIpc) is 2.19. The Balaban J connectivity index is 0. The van der Waals surface area contributed by atoms with E-state index >= 15 is 0 Å². The van der Waals surface area contributed by atoms with Crippen LogP contribution in [0.1, 0.15) is 27.7 Å². The molecule has 0 amide bonds. The van der Waals surface area contributed by atoms with Crippen molar-refractivity contribution in [2.75, 3.05) is 26.2 Å². The van der Waals surface area contributed by atoms with Crippen LogP contribution in [-0.2, 0) is 0 Å². The topological polar surface area (TPSA) is 6.48 Å². The molecule has 2 nitrogen and oxygen atoms in total. The predicted molar refractivity (Wildman–Crippen MR) is 76.2 cm³/mol. The molecule has 0 atom stereocenters. The van der Waals surface area contributed by atoms with Crippen molar-refractivity contribution in [3.8, 4) is 0 Å². The third kappa shape index (κ3) is 8.61. The summed E-state index contributed by atoms with van der Waals surface area (Å²) < 4.78 is 4.70. The largest absolute Gasteiger partial charge is 0.241 e. The molecule has 0 spiro atoms. The Hall–Kier alpha value is 1.32. The number of rotatable bonds is 8. The van der Waals surface area contributed by atoms with Crippen molar-refractivity contribution >= 4 is 45.3 Å². The minimum atomic E-state index is 0. The van der Waals surface area contributed by atoms with Gasteiger partial charge in [0.1, 0.15) is 0 Å². The summed E-state index contributed by atoms with van der Waals surface area (Å²) in [7, 11) is 5.56. The van der Waals surface area contributed by atoms with Crippen molar-refractivity contribution in [2.45, 2.75) is 27.7 Å². The zero-order valence-corrected chi connectivity index (χ0v) is 12.6. The van der Waals surface area contributed by atoms with Gasteiger partial charge in [-0.05, 0) is 0 Å². The number of nitrogens with zero attached hydrogens (tertiary/aromatic N) is 2. The highest BCUT2D eigenvalue weighted by Gasteiger charge is 2.04. The second-order valence-corrected chi connectivity index (χ2v) is 6.44. The Morgan fingerprint density at radius 2 is 1.00 bits per heavy atom. The van der Waals surface area contributed by atoms with Crippen molar-refractivity contribution in [1.29, 1.82) is 0 Å². The molecule has 0 N–H and O–H groups in total. The molecular formula is C8H20N2S4. The third-order valence-electron chi connectivity index (χ3n) is 1.68. The van der Waals surface area contributed by atoms with E-state index in [0.717, 1.165) is 26.2 Å². The molecule has 0 saturated carbocycles. The molecule has 14 heavy (non-hydrogen) atoms. The Kier molecular flexibility index (Phi) is 15.7. The van der Waals surface area contributed by atoms with E-state index in [-0.39, 0.29) is 13.5 Å². The van der Waals surface area contributed by atoms with Crippen molar-refractivity contribution in [3.63, 3.8) is 0 Å². The molecule has 0 bridgehead atoms. The third-order valence-corrected chi connectivity index (χ3v) is 5.98. The predicted octanol–water partition coefficient (Wildman–Crippen LogP) is 4.18. The van der Waals surface area contributed by atoms with Gasteiger partial charge in [0.25, 0.3) is 0 Å². The van der Waals surface area contributed by atoms with E-state index in [2.05, 4.69) is 36.3 Å². The van der Waals surface area contributed by atoms with Crippen molar-refractivity contribution in [1.82, 2.24) is 8.61 Å². The fourth-order valence-electron chi connectivity index (χ4n) is 0.758. The van der Waals surface area contributed by atoms with Crippen molar-refractivity contribution in [2.24, 2.45) is 0 Å². The Labute approximate surface area is 107 Å². The van der Waals surface area contributed by atoms with Gasteiger partial charge in [-0.3, -0.25) is 0 Å². The first-order valence-corrected chi connectivity index (χ1v) is 8.19. The number of hydrogen-bond acceptors (Lipinski definition) is 5. The summed E-state index contributed by atoms with van der Waals surface area (Å²) in [6.07, 6.45) is 0. The van der Waals surface area contributed by atoms with Crippen LogP contribution in [0.4, 0.5) is 0 Å². The van der Waals surface area contributed by atoms with Crippen LogP contribution in [0, 0.1) is 0 Å². The first kappa shape index (κ1) is 17.7. The zero-order valence-electron chi connectivity index (χ0n) is 9.36. The van der Waals surface area contributed by atoms with Crippen LogP contribution in [0.2, 0.25) is 0 Å². The molecule has 0 aliphatic heterocycles. The highest BCUT2D eigenvalue weighted by molar-refractivity contribution is 9.08. The lowest BCUT2D eigenvalue weighted by atomic mass is 10.7. The van der Waals surface area contributed by atoms with Gasteiger partial charge in [-0.2, -0.15) is 0 Å². The summed E-state index contributed by atoms with van der Waals surface area (Å²) in [6, 6.07) is 0. The van der Waals surface area contributed by atoms with E-state index in [1.165, 1.54) is 0 Å².